The Kier molecular flexibility index (Phi) is 7.92. The molecule has 1 aromatic rings. The van der Waals surface area contributed by atoms with E-state index in [0.717, 1.165) is 50.1 Å². The summed E-state index contributed by atoms with van der Waals surface area (Å²) < 4.78 is 0. The molecule has 20 heavy (non-hydrogen) atoms. The summed E-state index contributed by atoms with van der Waals surface area (Å²) >= 11 is 0. The van der Waals surface area contributed by atoms with Gasteiger partial charge < -0.3 is 16.0 Å². The highest BCUT2D eigenvalue weighted by atomic mass is 16.1. The molecule has 0 spiro atoms. The fourth-order valence-corrected chi connectivity index (χ4v) is 2.18. The zero-order valence-electron chi connectivity index (χ0n) is 12.7. The molecule has 1 aromatic carbocycles. The third-order valence-corrected chi connectivity index (χ3v) is 3.45. The highest BCUT2D eigenvalue weighted by molar-refractivity contribution is 5.94. The van der Waals surface area contributed by atoms with Crippen molar-refractivity contribution in [2.45, 2.75) is 26.7 Å². The Labute approximate surface area is 122 Å². The second-order valence-electron chi connectivity index (χ2n) is 4.88. The fourth-order valence-electron chi connectivity index (χ4n) is 2.18. The van der Waals surface area contributed by atoms with Gasteiger partial charge in [0.05, 0.1) is 0 Å². The summed E-state index contributed by atoms with van der Waals surface area (Å²) in [4.78, 5) is 14.4. The summed E-state index contributed by atoms with van der Waals surface area (Å²) in [6, 6.07) is 7.69. The lowest BCUT2D eigenvalue weighted by molar-refractivity contribution is 0.0951. The molecule has 4 nitrogen and oxygen atoms in total. The van der Waals surface area contributed by atoms with Crippen LogP contribution >= 0.6 is 0 Å². The number of hydrogen-bond acceptors (Lipinski definition) is 3. The maximum atomic E-state index is 12.0. The summed E-state index contributed by atoms with van der Waals surface area (Å²) in [6.07, 6.45) is 1.79. The van der Waals surface area contributed by atoms with E-state index in [1.807, 2.05) is 24.3 Å². The smallest absolute Gasteiger partial charge is 0.251 e. The molecule has 3 N–H and O–H groups in total. The summed E-state index contributed by atoms with van der Waals surface area (Å²) in [7, 11) is 0. The number of hydrogen-bond donors (Lipinski definition) is 2. The molecule has 0 saturated carbocycles. The van der Waals surface area contributed by atoms with Gasteiger partial charge in [0, 0.05) is 12.1 Å². The van der Waals surface area contributed by atoms with Crippen molar-refractivity contribution < 1.29 is 4.79 Å². The topological polar surface area (TPSA) is 58.4 Å². The lowest BCUT2D eigenvalue weighted by Crippen LogP contribution is -2.29. The van der Waals surface area contributed by atoms with Crippen molar-refractivity contribution in [2.75, 3.05) is 32.7 Å². The van der Waals surface area contributed by atoms with Crippen molar-refractivity contribution in [1.29, 1.82) is 0 Å². The van der Waals surface area contributed by atoms with Crippen LogP contribution in [0.1, 0.15) is 36.2 Å². The van der Waals surface area contributed by atoms with E-state index < -0.39 is 0 Å². The zero-order chi connectivity index (χ0) is 14.8. The van der Waals surface area contributed by atoms with E-state index in [-0.39, 0.29) is 5.91 Å². The van der Waals surface area contributed by atoms with Crippen LogP contribution in [0.5, 0.6) is 0 Å². The third kappa shape index (κ3) is 5.72. The first-order valence-electron chi connectivity index (χ1n) is 7.50. The van der Waals surface area contributed by atoms with Gasteiger partial charge in [-0.3, -0.25) is 4.79 Å². The van der Waals surface area contributed by atoms with Crippen LogP contribution in [-0.2, 0) is 6.42 Å². The molecule has 0 unspecified atom stereocenters. The minimum absolute atomic E-state index is 0.00317. The van der Waals surface area contributed by atoms with Gasteiger partial charge in [-0.1, -0.05) is 26.0 Å². The van der Waals surface area contributed by atoms with Gasteiger partial charge in [-0.15, -0.1) is 0 Å². The van der Waals surface area contributed by atoms with Crippen molar-refractivity contribution in [3.63, 3.8) is 0 Å². The minimum Gasteiger partial charge on any atom is -0.352 e. The number of nitrogens with two attached hydrogens (primary N) is 1. The molecule has 1 rings (SSSR count). The normalized spacial score (nSPS) is 10.8. The largest absolute Gasteiger partial charge is 0.352 e. The summed E-state index contributed by atoms with van der Waals surface area (Å²) in [5.74, 6) is 0.00317. The Morgan fingerprint density at radius 2 is 2.05 bits per heavy atom. The third-order valence-electron chi connectivity index (χ3n) is 3.45. The molecule has 1 amide bonds. The molecule has 0 bridgehead atoms. The van der Waals surface area contributed by atoms with Crippen LogP contribution in [0.4, 0.5) is 0 Å². The molecule has 0 aliphatic heterocycles. The molecule has 112 valence electrons. The Bertz CT molecular complexity index is 402. The Morgan fingerprint density at radius 1 is 1.30 bits per heavy atom. The maximum Gasteiger partial charge on any atom is 0.251 e. The van der Waals surface area contributed by atoms with E-state index in [4.69, 9.17) is 5.73 Å². The number of amides is 1. The molecule has 0 heterocycles. The number of carbonyl (C=O) groups excluding carboxylic acids is 1. The van der Waals surface area contributed by atoms with Gasteiger partial charge in [-0.2, -0.15) is 0 Å². The lowest BCUT2D eigenvalue weighted by Gasteiger charge is -2.17. The van der Waals surface area contributed by atoms with Crippen LogP contribution in [-0.4, -0.2) is 43.5 Å². The summed E-state index contributed by atoms with van der Waals surface area (Å²) in [5.41, 5.74) is 7.37. The fraction of sp³-hybridized carbons (Fsp3) is 0.562. The molecule has 0 saturated heterocycles. The molecule has 0 aliphatic carbocycles. The number of benzene rings is 1. The van der Waals surface area contributed by atoms with E-state index in [1.54, 1.807) is 0 Å². The van der Waals surface area contributed by atoms with Gasteiger partial charge >= 0.3 is 0 Å². The van der Waals surface area contributed by atoms with Crippen molar-refractivity contribution in [1.82, 2.24) is 10.2 Å². The highest BCUT2D eigenvalue weighted by Gasteiger charge is 2.06. The van der Waals surface area contributed by atoms with Gasteiger partial charge in [0.2, 0.25) is 0 Å². The van der Waals surface area contributed by atoms with Crippen LogP contribution < -0.4 is 11.1 Å². The van der Waals surface area contributed by atoms with Crippen LogP contribution in [0, 0.1) is 0 Å². The molecule has 0 aliphatic rings. The molecular weight excluding hydrogens is 250 g/mol. The predicted octanol–water partition coefficient (Wildman–Crippen LogP) is 1.65. The first-order valence-corrected chi connectivity index (χ1v) is 7.50. The quantitative estimate of drug-likeness (QED) is 0.675. The average Bonchev–Trinajstić information content (AvgIpc) is 2.48. The van der Waals surface area contributed by atoms with Gasteiger partial charge in [0.15, 0.2) is 0 Å². The van der Waals surface area contributed by atoms with Gasteiger partial charge in [-0.25, -0.2) is 0 Å². The van der Waals surface area contributed by atoms with E-state index in [9.17, 15) is 4.79 Å². The number of nitrogens with one attached hydrogen (secondary N) is 1. The van der Waals surface area contributed by atoms with Crippen molar-refractivity contribution in [3.8, 4) is 0 Å². The molecule has 4 heteroatoms. The number of rotatable bonds is 9. The molecule has 0 aromatic heterocycles. The maximum absolute atomic E-state index is 12.0. The average molecular weight is 277 g/mol. The SMILES string of the molecule is CCN(CC)CCCNC(=O)c1cccc(CCN)c1. The number of carbonyl (C=O) groups is 1. The highest BCUT2D eigenvalue weighted by Crippen LogP contribution is 2.05. The van der Waals surface area contributed by atoms with Gasteiger partial charge in [0.25, 0.3) is 5.91 Å². The summed E-state index contributed by atoms with van der Waals surface area (Å²) in [6.45, 7) is 8.79. The first kappa shape index (κ1) is 16.7. The predicted molar refractivity (Wildman–Crippen MR) is 83.9 cm³/mol. The van der Waals surface area contributed by atoms with Crippen LogP contribution in [0.3, 0.4) is 0 Å². The number of nitrogens with zero attached hydrogens (tertiary/aromatic N) is 1. The van der Waals surface area contributed by atoms with E-state index in [1.165, 1.54) is 0 Å². The van der Waals surface area contributed by atoms with E-state index >= 15 is 0 Å². The van der Waals surface area contributed by atoms with Gasteiger partial charge in [0.1, 0.15) is 0 Å². The Hall–Kier alpha value is -1.39. The Balaban J connectivity index is 2.37. The first-order chi connectivity index (χ1) is 9.71. The van der Waals surface area contributed by atoms with E-state index in [0.29, 0.717) is 6.54 Å². The van der Waals surface area contributed by atoms with Crippen LogP contribution in [0.25, 0.3) is 0 Å². The monoisotopic (exact) mass is 277 g/mol. The van der Waals surface area contributed by atoms with Gasteiger partial charge in [-0.05, 0) is 56.7 Å². The van der Waals surface area contributed by atoms with E-state index in [2.05, 4.69) is 24.1 Å². The van der Waals surface area contributed by atoms with Crippen LogP contribution in [0.2, 0.25) is 0 Å². The lowest BCUT2D eigenvalue weighted by atomic mass is 10.1. The molecule has 0 fully saturated rings. The second kappa shape index (κ2) is 9.50. The standard InChI is InChI=1S/C16H27N3O/c1-3-19(4-2)12-6-11-18-16(20)15-8-5-7-14(13-15)9-10-17/h5,7-8,13H,3-4,6,9-12,17H2,1-2H3,(H,18,20). The summed E-state index contributed by atoms with van der Waals surface area (Å²) in [5, 5.41) is 2.97. The molecular formula is C16H27N3O. The van der Waals surface area contributed by atoms with Crippen molar-refractivity contribution in [2.24, 2.45) is 5.73 Å². The Morgan fingerprint density at radius 3 is 2.70 bits per heavy atom. The molecule has 0 radical (unpaired) electrons. The zero-order valence-corrected chi connectivity index (χ0v) is 12.7. The second-order valence-corrected chi connectivity index (χ2v) is 4.88. The van der Waals surface area contributed by atoms with Crippen LogP contribution in [0.15, 0.2) is 24.3 Å². The molecule has 0 atom stereocenters. The minimum atomic E-state index is 0.00317. The van der Waals surface area contributed by atoms with Crippen molar-refractivity contribution in [3.05, 3.63) is 35.4 Å². The van der Waals surface area contributed by atoms with Crippen molar-refractivity contribution >= 4 is 5.91 Å².